The highest BCUT2D eigenvalue weighted by Gasteiger charge is 2.18. The van der Waals surface area contributed by atoms with Crippen LogP contribution in [0.1, 0.15) is 10.4 Å². The molecule has 3 aromatic rings. The molecule has 1 aliphatic rings. The van der Waals surface area contributed by atoms with Crippen molar-refractivity contribution in [2.24, 2.45) is 0 Å². The van der Waals surface area contributed by atoms with E-state index < -0.39 is 24.1 Å². The monoisotopic (exact) mass is 367 g/mol. The molecule has 2 aromatic carbocycles. The summed E-state index contributed by atoms with van der Waals surface area (Å²) in [6.07, 6.45) is 0. The van der Waals surface area contributed by atoms with Gasteiger partial charge in [-0.25, -0.2) is 9.59 Å². The largest absolute Gasteiger partial charge is 0.454 e. The zero-order valence-corrected chi connectivity index (χ0v) is 13.9. The summed E-state index contributed by atoms with van der Waals surface area (Å²) < 4.78 is 20.4. The Morgan fingerprint density at radius 2 is 1.85 bits per heavy atom. The van der Waals surface area contributed by atoms with Gasteiger partial charge in [0.2, 0.25) is 6.79 Å². The Bertz CT molecular complexity index is 1100. The van der Waals surface area contributed by atoms with Crippen LogP contribution < -0.4 is 20.4 Å². The summed E-state index contributed by atoms with van der Waals surface area (Å²) in [6.45, 7) is -0.432. The van der Waals surface area contributed by atoms with Crippen molar-refractivity contribution in [3.05, 3.63) is 64.5 Å². The number of para-hydroxylation sites is 1. The minimum atomic E-state index is -0.935. The SMILES string of the molecule is O=C(COC(=O)c1cc2ccccc2oc1=O)Nc1ccc2c(c1)OCO2. The van der Waals surface area contributed by atoms with E-state index in [1.54, 1.807) is 42.5 Å². The van der Waals surface area contributed by atoms with Crippen LogP contribution in [0.15, 0.2) is 57.7 Å². The lowest BCUT2D eigenvalue weighted by molar-refractivity contribution is -0.119. The van der Waals surface area contributed by atoms with Crippen LogP contribution in [-0.4, -0.2) is 25.3 Å². The van der Waals surface area contributed by atoms with Crippen LogP contribution in [0.2, 0.25) is 0 Å². The molecule has 0 saturated carbocycles. The number of esters is 1. The van der Waals surface area contributed by atoms with Gasteiger partial charge >= 0.3 is 11.6 Å². The molecule has 1 aromatic heterocycles. The molecule has 1 N–H and O–H groups in total. The molecule has 4 rings (SSSR count). The number of amides is 1. The maximum atomic E-state index is 12.1. The fraction of sp³-hybridized carbons (Fsp3) is 0.105. The molecule has 8 nitrogen and oxygen atoms in total. The van der Waals surface area contributed by atoms with E-state index in [4.69, 9.17) is 18.6 Å². The first-order valence-corrected chi connectivity index (χ1v) is 8.00. The smallest absolute Gasteiger partial charge is 0.351 e. The fourth-order valence-corrected chi connectivity index (χ4v) is 2.58. The Morgan fingerprint density at radius 3 is 2.74 bits per heavy atom. The first-order chi connectivity index (χ1) is 13.1. The average molecular weight is 367 g/mol. The number of anilines is 1. The quantitative estimate of drug-likeness (QED) is 0.557. The molecular weight excluding hydrogens is 354 g/mol. The van der Waals surface area contributed by atoms with E-state index in [1.807, 2.05) is 0 Å². The van der Waals surface area contributed by atoms with Gasteiger partial charge in [0, 0.05) is 17.1 Å². The van der Waals surface area contributed by atoms with Crippen LogP contribution in [0.3, 0.4) is 0 Å². The third-order valence-corrected chi connectivity index (χ3v) is 3.85. The summed E-state index contributed by atoms with van der Waals surface area (Å²) in [4.78, 5) is 36.0. The topological polar surface area (TPSA) is 104 Å². The number of carbonyl (C=O) groups excluding carboxylic acids is 2. The lowest BCUT2D eigenvalue weighted by Crippen LogP contribution is -2.23. The van der Waals surface area contributed by atoms with Crippen molar-refractivity contribution in [3.8, 4) is 11.5 Å². The van der Waals surface area contributed by atoms with Crippen LogP contribution in [0.5, 0.6) is 11.5 Å². The Morgan fingerprint density at radius 1 is 1.04 bits per heavy atom. The van der Waals surface area contributed by atoms with Crippen molar-refractivity contribution >= 4 is 28.5 Å². The summed E-state index contributed by atoms with van der Waals surface area (Å²) in [6, 6.07) is 13.0. The highest BCUT2D eigenvalue weighted by Crippen LogP contribution is 2.34. The normalized spacial score (nSPS) is 12.0. The van der Waals surface area contributed by atoms with E-state index in [-0.39, 0.29) is 12.4 Å². The molecule has 0 saturated heterocycles. The lowest BCUT2D eigenvalue weighted by atomic mass is 10.2. The van der Waals surface area contributed by atoms with Gasteiger partial charge < -0.3 is 23.9 Å². The minimum absolute atomic E-state index is 0.124. The van der Waals surface area contributed by atoms with Crippen molar-refractivity contribution < 1.29 is 28.2 Å². The number of rotatable bonds is 4. The third-order valence-electron chi connectivity index (χ3n) is 3.85. The van der Waals surface area contributed by atoms with E-state index in [1.165, 1.54) is 6.07 Å². The molecule has 1 aliphatic heterocycles. The zero-order valence-electron chi connectivity index (χ0n) is 13.9. The highest BCUT2D eigenvalue weighted by molar-refractivity contribution is 5.96. The van der Waals surface area contributed by atoms with Crippen molar-refractivity contribution in [1.29, 1.82) is 0 Å². The van der Waals surface area contributed by atoms with Gasteiger partial charge in [0.1, 0.15) is 11.1 Å². The molecule has 0 atom stereocenters. The summed E-state index contributed by atoms with van der Waals surface area (Å²) >= 11 is 0. The third kappa shape index (κ3) is 3.45. The zero-order chi connectivity index (χ0) is 18.8. The summed E-state index contributed by atoms with van der Waals surface area (Å²) in [5, 5.41) is 3.15. The van der Waals surface area contributed by atoms with Gasteiger partial charge in [0.05, 0.1) is 0 Å². The minimum Gasteiger partial charge on any atom is -0.454 e. The second-order valence-electron chi connectivity index (χ2n) is 5.68. The second-order valence-corrected chi connectivity index (χ2v) is 5.68. The van der Waals surface area contributed by atoms with Crippen molar-refractivity contribution in [3.63, 3.8) is 0 Å². The van der Waals surface area contributed by atoms with E-state index in [9.17, 15) is 14.4 Å². The van der Waals surface area contributed by atoms with Crippen LogP contribution in [0.4, 0.5) is 5.69 Å². The summed E-state index contributed by atoms with van der Waals surface area (Å²) in [5.41, 5.74) is -0.274. The first-order valence-electron chi connectivity index (χ1n) is 8.00. The maximum absolute atomic E-state index is 12.1. The van der Waals surface area contributed by atoms with Gasteiger partial charge in [-0.15, -0.1) is 0 Å². The Kier molecular flexibility index (Phi) is 4.21. The molecule has 0 radical (unpaired) electrons. The van der Waals surface area contributed by atoms with Gasteiger partial charge in [-0.1, -0.05) is 18.2 Å². The van der Waals surface area contributed by atoms with E-state index >= 15 is 0 Å². The number of ether oxygens (including phenoxy) is 3. The molecule has 8 heteroatoms. The number of hydrogen-bond donors (Lipinski definition) is 1. The second kappa shape index (κ2) is 6.83. The number of nitrogens with one attached hydrogen (secondary N) is 1. The van der Waals surface area contributed by atoms with Crippen LogP contribution in [0, 0.1) is 0 Å². The van der Waals surface area contributed by atoms with Gasteiger partial charge in [-0.2, -0.15) is 0 Å². The van der Waals surface area contributed by atoms with Crippen LogP contribution >= 0.6 is 0 Å². The predicted octanol–water partition coefficient (Wildman–Crippen LogP) is 2.32. The van der Waals surface area contributed by atoms with Crippen molar-refractivity contribution in [2.45, 2.75) is 0 Å². The van der Waals surface area contributed by atoms with Gasteiger partial charge in [0.25, 0.3) is 5.91 Å². The molecule has 0 bridgehead atoms. The maximum Gasteiger partial charge on any atom is 0.351 e. The molecule has 2 heterocycles. The molecule has 0 spiro atoms. The molecular formula is C19H13NO7. The van der Waals surface area contributed by atoms with E-state index in [2.05, 4.69) is 5.32 Å². The van der Waals surface area contributed by atoms with Crippen molar-refractivity contribution in [2.75, 3.05) is 18.7 Å². The number of benzene rings is 2. The molecule has 0 aliphatic carbocycles. The predicted molar refractivity (Wildman–Crippen MR) is 94.0 cm³/mol. The Labute approximate surface area is 152 Å². The van der Waals surface area contributed by atoms with Gasteiger partial charge in [-0.3, -0.25) is 4.79 Å². The highest BCUT2D eigenvalue weighted by atomic mass is 16.7. The summed E-state index contributed by atoms with van der Waals surface area (Å²) in [5.74, 6) is -0.399. The molecule has 1 amide bonds. The lowest BCUT2D eigenvalue weighted by Gasteiger charge is -2.07. The van der Waals surface area contributed by atoms with E-state index in [0.717, 1.165) is 0 Å². The van der Waals surface area contributed by atoms with E-state index in [0.29, 0.717) is 28.2 Å². The average Bonchev–Trinajstić information content (AvgIpc) is 3.13. The fourth-order valence-electron chi connectivity index (χ4n) is 2.58. The number of carbonyl (C=O) groups is 2. The standard InChI is InChI=1S/C19H13NO7/c21-17(20-12-5-6-15-16(8-12)26-10-25-15)9-24-18(22)13-7-11-3-1-2-4-14(11)27-19(13)23/h1-8H,9-10H2,(H,20,21). The molecule has 136 valence electrons. The summed E-state index contributed by atoms with van der Waals surface area (Å²) in [7, 11) is 0. The molecule has 0 unspecified atom stereocenters. The van der Waals surface area contributed by atoms with Gasteiger partial charge in [-0.05, 0) is 24.3 Å². The van der Waals surface area contributed by atoms with Crippen LogP contribution in [-0.2, 0) is 9.53 Å². The molecule has 27 heavy (non-hydrogen) atoms. The van der Waals surface area contributed by atoms with Crippen LogP contribution in [0.25, 0.3) is 11.0 Å². The Hall–Kier alpha value is -3.81. The van der Waals surface area contributed by atoms with Crippen molar-refractivity contribution in [1.82, 2.24) is 0 Å². The first kappa shape index (κ1) is 16.6. The number of fused-ring (bicyclic) bond motifs is 2. The molecule has 0 fully saturated rings. The number of hydrogen-bond acceptors (Lipinski definition) is 7. The Balaban J connectivity index is 1.41. The van der Waals surface area contributed by atoms with Gasteiger partial charge in [0.15, 0.2) is 18.1 Å².